The van der Waals surface area contributed by atoms with Gasteiger partial charge in [-0.15, -0.1) is 11.3 Å². The number of para-hydroxylation sites is 1. The summed E-state index contributed by atoms with van der Waals surface area (Å²) in [4.78, 5) is 16.4. The molecular formula is C17H15F2N3OS. The number of nitrogens with one attached hydrogen (secondary N) is 2. The molecule has 1 heterocycles. The molecule has 0 aliphatic heterocycles. The lowest BCUT2D eigenvalue weighted by molar-refractivity contribution is 0.237. The Kier molecular flexibility index (Phi) is 4.71. The molecule has 2 amide bonds. The topological polar surface area (TPSA) is 54.0 Å². The van der Waals surface area contributed by atoms with Crippen LogP contribution in [-0.2, 0) is 6.54 Å². The summed E-state index contributed by atoms with van der Waals surface area (Å²) in [5, 5.41) is 6.10. The molecule has 0 radical (unpaired) electrons. The van der Waals surface area contributed by atoms with E-state index in [1.54, 1.807) is 6.92 Å². The van der Waals surface area contributed by atoms with Crippen LogP contribution in [0.3, 0.4) is 0 Å². The first-order chi connectivity index (χ1) is 11.5. The van der Waals surface area contributed by atoms with Crippen LogP contribution in [0.2, 0.25) is 0 Å². The molecule has 7 heteroatoms. The third-order valence-electron chi connectivity index (χ3n) is 3.51. The Morgan fingerprint density at radius 3 is 2.79 bits per heavy atom. The zero-order valence-electron chi connectivity index (χ0n) is 12.8. The molecule has 124 valence electrons. The van der Waals surface area contributed by atoms with Gasteiger partial charge in [-0.2, -0.15) is 0 Å². The Balaban J connectivity index is 1.58. The van der Waals surface area contributed by atoms with Crippen molar-refractivity contribution < 1.29 is 13.6 Å². The van der Waals surface area contributed by atoms with Gasteiger partial charge >= 0.3 is 6.03 Å². The molecule has 2 aromatic carbocycles. The van der Waals surface area contributed by atoms with Crippen molar-refractivity contribution >= 4 is 27.6 Å². The van der Waals surface area contributed by atoms with Crippen LogP contribution in [0.1, 0.15) is 23.5 Å². The Bertz CT molecular complexity index is 848. The molecule has 0 fully saturated rings. The predicted octanol–water partition coefficient (Wildman–Crippen LogP) is 4.13. The Labute approximate surface area is 141 Å². The zero-order valence-corrected chi connectivity index (χ0v) is 13.7. The van der Waals surface area contributed by atoms with Gasteiger partial charge in [-0.25, -0.2) is 18.6 Å². The number of aromatic nitrogens is 1. The molecule has 4 nitrogen and oxygen atoms in total. The van der Waals surface area contributed by atoms with E-state index in [0.717, 1.165) is 27.4 Å². The summed E-state index contributed by atoms with van der Waals surface area (Å²) in [5.41, 5.74) is 1.12. The first-order valence-corrected chi connectivity index (χ1v) is 8.18. The largest absolute Gasteiger partial charge is 0.332 e. The van der Waals surface area contributed by atoms with Gasteiger partial charge in [-0.05, 0) is 25.1 Å². The summed E-state index contributed by atoms with van der Waals surface area (Å²) < 4.78 is 27.7. The summed E-state index contributed by atoms with van der Waals surface area (Å²) >= 11 is 1.50. The van der Waals surface area contributed by atoms with Crippen LogP contribution in [0, 0.1) is 11.6 Å². The maximum atomic E-state index is 13.7. The average molecular weight is 347 g/mol. The maximum Gasteiger partial charge on any atom is 0.315 e. The van der Waals surface area contributed by atoms with Crippen molar-refractivity contribution in [2.75, 3.05) is 0 Å². The van der Waals surface area contributed by atoms with Crippen molar-refractivity contribution in [2.24, 2.45) is 0 Å². The number of amides is 2. The standard InChI is InChI=1S/C17H15F2N3OS/c1-10(12-7-6-11(18)8-13(12)19)21-17(23)20-9-16-22-14-4-2-3-5-15(14)24-16/h2-8,10H,9H2,1H3,(H2,20,21,23)/t10-/m1/s1. The predicted molar refractivity (Wildman–Crippen MR) is 89.8 cm³/mol. The highest BCUT2D eigenvalue weighted by molar-refractivity contribution is 7.18. The van der Waals surface area contributed by atoms with E-state index in [2.05, 4.69) is 15.6 Å². The van der Waals surface area contributed by atoms with Crippen LogP contribution >= 0.6 is 11.3 Å². The fraction of sp³-hybridized carbons (Fsp3) is 0.176. The number of hydrogen-bond donors (Lipinski definition) is 2. The van der Waals surface area contributed by atoms with Gasteiger partial charge in [0, 0.05) is 11.6 Å². The summed E-state index contributed by atoms with van der Waals surface area (Å²) in [6.45, 7) is 1.91. The summed E-state index contributed by atoms with van der Waals surface area (Å²) in [5.74, 6) is -1.34. The zero-order chi connectivity index (χ0) is 17.1. The van der Waals surface area contributed by atoms with Gasteiger partial charge in [0.1, 0.15) is 16.6 Å². The van der Waals surface area contributed by atoms with Crippen molar-refractivity contribution in [1.29, 1.82) is 0 Å². The number of carbonyl (C=O) groups excluding carboxylic acids is 1. The van der Waals surface area contributed by atoms with Crippen molar-refractivity contribution in [1.82, 2.24) is 15.6 Å². The number of urea groups is 1. The summed E-state index contributed by atoms with van der Waals surface area (Å²) in [6.07, 6.45) is 0. The molecule has 0 saturated heterocycles. The number of benzene rings is 2. The normalized spacial score (nSPS) is 12.1. The molecule has 24 heavy (non-hydrogen) atoms. The number of thiazole rings is 1. The Morgan fingerprint density at radius 2 is 2.04 bits per heavy atom. The highest BCUT2D eigenvalue weighted by Gasteiger charge is 2.14. The van der Waals surface area contributed by atoms with Crippen LogP contribution in [0.4, 0.5) is 13.6 Å². The Morgan fingerprint density at radius 1 is 1.25 bits per heavy atom. The van der Waals surface area contributed by atoms with Crippen molar-refractivity contribution in [3.63, 3.8) is 0 Å². The second-order valence-corrected chi connectivity index (χ2v) is 6.41. The molecule has 1 aromatic heterocycles. The fourth-order valence-electron chi connectivity index (χ4n) is 2.33. The van der Waals surface area contributed by atoms with Gasteiger partial charge in [-0.3, -0.25) is 0 Å². The minimum absolute atomic E-state index is 0.228. The lowest BCUT2D eigenvalue weighted by Gasteiger charge is -2.15. The van der Waals surface area contributed by atoms with E-state index in [-0.39, 0.29) is 12.1 Å². The molecular weight excluding hydrogens is 332 g/mol. The maximum absolute atomic E-state index is 13.7. The molecule has 3 rings (SSSR count). The third kappa shape index (κ3) is 3.68. The van der Waals surface area contributed by atoms with Gasteiger partial charge in [0.25, 0.3) is 0 Å². The van der Waals surface area contributed by atoms with Crippen molar-refractivity contribution in [3.8, 4) is 0 Å². The van der Waals surface area contributed by atoms with E-state index in [1.807, 2.05) is 24.3 Å². The number of rotatable bonds is 4. The highest BCUT2D eigenvalue weighted by Crippen LogP contribution is 2.21. The minimum atomic E-state index is -0.686. The number of hydrogen-bond acceptors (Lipinski definition) is 3. The number of nitrogens with zero attached hydrogens (tertiary/aromatic N) is 1. The molecule has 0 unspecified atom stereocenters. The van der Waals surface area contributed by atoms with Gasteiger partial charge in [0.15, 0.2) is 0 Å². The quantitative estimate of drug-likeness (QED) is 0.745. The molecule has 0 bridgehead atoms. The van der Waals surface area contributed by atoms with Crippen LogP contribution in [0.15, 0.2) is 42.5 Å². The molecule has 2 N–H and O–H groups in total. The molecule has 3 aromatic rings. The summed E-state index contributed by atoms with van der Waals surface area (Å²) in [6, 6.07) is 9.98. The minimum Gasteiger partial charge on any atom is -0.332 e. The SMILES string of the molecule is C[C@@H](NC(=O)NCc1nc2ccccc2s1)c1ccc(F)cc1F. The lowest BCUT2D eigenvalue weighted by atomic mass is 10.1. The first-order valence-electron chi connectivity index (χ1n) is 7.36. The van der Waals surface area contributed by atoms with Crippen LogP contribution < -0.4 is 10.6 Å². The molecule has 1 atom stereocenters. The molecule has 0 spiro atoms. The molecule has 0 aliphatic rings. The van der Waals surface area contributed by atoms with Gasteiger partial charge in [0.2, 0.25) is 0 Å². The molecule has 0 aliphatic carbocycles. The van der Waals surface area contributed by atoms with Crippen molar-refractivity contribution in [2.45, 2.75) is 19.5 Å². The lowest BCUT2D eigenvalue weighted by Crippen LogP contribution is -2.36. The van der Waals surface area contributed by atoms with E-state index in [9.17, 15) is 13.6 Å². The monoisotopic (exact) mass is 347 g/mol. The number of carbonyl (C=O) groups is 1. The molecule has 0 saturated carbocycles. The highest BCUT2D eigenvalue weighted by atomic mass is 32.1. The van der Waals surface area contributed by atoms with Crippen LogP contribution in [-0.4, -0.2) is 11.0 Å². The fourth-order valence-corrected chi connectivity index (χ4v) is 3.24. The second kappa shape index (κ2) is 6.92. The third-order valence-corrected chi connectivity index (χ3v) is 4.55. The van der Waals surface area contributed by atoms with Crippen LogP contribution in [0.25, 0.3) is 10.2 Å². The van der Waals surface area contributed by atoms with Crippen LogP contribution in [0.5, 0.6) is 0 Å². The van der Waals surface area contributed by atoms with Gasteiger partial charge in [0.05, 0.1) is 22.8 Å². The first kappa shape index (κ1) is 16.3. The van der Waals surface area contributed by atoms with Crippen molar-refractivity contribution in [3.05, 3.63) is 64.7 Å². The Hall–Kier alpha value is -2.54. The van der Waals surface area contributed by atoms with E-state index in [1.165, 1.54) is 17.4 Å². The van der Waals surface area contributed by atoms with E-state index >= 15 is 0 Å². The van der Waals surface area contributed by atoms with Gasteiger partial charge < -0.3 is 10.6 Å². The summed E-state index contributed by atoms with van der Waals surface area (Å²) in [7, 11) is 0. The van der Waals surface area contributed by atoms with Gasteiger partial charge in [-0.1, -0.05) is 18.2 Å². The van der Waals surface area contributed by atoms with E-state index in [4.69, 9.17) is 0 Å². The average Bonchev–Trinajstić information content (AvgIpc) is 2.95. The smallest absolute Gasteiger partial charge is 0.315 e. The number of halogens is 2. The second-order valence-electron chi connectivity index (χ2n) is 5.29. The number of fused-ring (bicyclic) bond motifs is 1. The van der Waals surface area contributed by atoms with E-state index in [0.29, 0.717) is 0 Å². The van der Waals surface area contributed by atoms with E-state index < -0.39 is 23.7 Å².